The maximum absolute atomic E-state index is 12.6. The SMILES string of the molecule is COCCCNc1ccc(NC(=O)c2cc3cc(Cl)ccc3n2C)cn1. The van der Waals surface area contributed by atoms with E-state index in [1.165, 1.54) is 0 Å². The van der Waals surface area contributed by atoms with E-state index >= 15 is 0 Å². The van der Waals surface area contributed by atoms with E-state index < -0.39 is 0 Å². The summed E-state index contributed by atoms with van der Waals surface area (Å²) in [6.45, 7) is 1.49. The number of amides is 1. The van der Waals surface area contributed by atoms with Gasteiger partial charge in [0.05, 0.1) is 11.9 Å². The number of hydrogen-bond acceptors (Lipinski definition) is 4. The lowest BCUT2D eigenvalue weighted by Crippen LogP contribution is -2.15. The van der Waals surface area contributed by atoms with E-state index in [0.29, 0.717) is 23.0 Å². The first-order valence-electron chi connectivity index (χ1n) is 8.33. The van der Waals surface area contributed by atoms with Crippen molar-refractivity contribution in [1.82, 2.24) is 9.55 Å². The first kappa shape index (κ1) is 18.2. The van der Waals surface area contributed by atoms with Gasteiger partial charge in [-0.25, -0.2) is 4.98 Å². The van der Waals surface area contributed by atoms with Gasteiger partial charge in [-0.05, 0) is 42.8 Å². The quantitative estimate of drug-likeness (QED) is 0.617. The summed E-state index contributed by atoms with van der Waals surface area (Å²) in [5.74, 6) is 0.570. The van der Waals surface area contributed by atoms with Crippen LogP contribution in [0.4, 0.5) is 11.5 Å². The second kappa shape index (κ2) is 8.21. The lowest BCUT2D eigenvalue weighted by atomic mass is 10.2. The van der Waals surface area contributed by atoms with Gasteiger partial charge in [-0.3, -0.25) is 4.79 Å². The van der Waals surface area contributed by atoms with Crippen molar-refractivity contribution in [2.45, 2.75) is 6.42 Å². The van der Waals surface area contributed by atoms with Crippen LogP contribution in [0.15, 0.2) is 42.6 Å². The van der Waals surface area contributed by atoms with Crippen LogP contribution in [-0.4, -0.2) is 35.7 Å². The van der Waals surface area contributed by atoms with Crippen molar-refractivity contribution in [3.8, 4) is 0 Å². The van der Waals surface area contributed by atoms with Gasteiger partial charge < -0.3 is 19.9 Å². The molecule has 0 radical (unpaired) electrons. The average molecular weight is 373 g/mol. The second-order valence-electron chi connectivity index (χ2n) is 5.95. The fourth-order valence-corrected chi connectivity index (χ4v) is 2.92. The Labute approximate surface area is 157 Å². The molecule has 0 bridgehead atoms. The lowest BCUT2D eigenvalue weighted by Gasteiger charge is -2.08. The van der Waals surface area contributed by atoms with E-state index in [-0.39, 0.29) is 5.91 Å². The van der Waals surface area contributed by atoms with Crippen LogP contribution < -0.4 is 10.6 Å². The predicted octanol–water partition coefficient (Wildman–Crippen LogP) is 3.93. The van der Waals surface area contributed by atoms with Crippen molar-refractivity contribution in [3.05, 3.63) is 53.3 Å². The maximum atomic E-state index is 12.6. The second-order valence-corrected chi connectivity index (χ2v) is 6.39. The fraction of sp³-hybridized carbons (Fsp3) is 0.263. The van der Waals surface area contributed by atoms with E-state index in [1.807, 2.05) is 48.0 Å². The summed E-state index contributed by atoms with van der Waals surface area (Å²) in [4.78, 5) is 16.9. The number of hydrogen-bond donors (Lipinski definition) is 2. The Balaban J connectivity index is 1.67. The number of carbonyl (C=O) groups is 1. The Hall–Kier alpha value is -2.57. The number of benzene rings is 1. The number of rotatable bonds is 7. The minimum Gasteiger partial charge on any atom is -0.385 e. The number of anilines is 2. The molecule has 6 nitrogen and oxygen atoms in total. The average Bonchev–Trinajstić information content (AvgIpc) is 2.96. The minimum atomic E-state index is -0.192. The molecule has 0 saturated carbocycles. The highest BCUT2D eigenvalue weighted by molar-refractivity contribution is 6.31. The molecule has 1 aromatic carbocycles. The summed E-state index contributed by atoms with van der Waals surface area (Å²) in [5.41, 5.74) is 2.15. The van der Waals surface area contributed by atoms with E-state index in [0.717, 1.165) is 29.7 Å². The van der Waals surface area contributed by atoms with Crippen molar-refractivity contribution >= 4 is 39.9 Å². The third-order valence-corrected chi connectivity index (χ3v) is 4.32. The first-order chi connectivity index (χ1) is 12.6. The van der Waals surface area contributed by atoms with Gasteiger partial charge in [0.2, 0.25) is 0 Å². The molecular formula is C19H21ClN4O2. The van der Waals surface area contributed by atoms with E-state index in [1.54, 1.807) is 13.3 Å². The molecule has 0 unspecified atom stereocenters. The number of ether oxygens (including phenoxy) is 1. The number of nitrogens with zero attached hydrogens (tertiary/aromatic N) is 2. The van der Waals surface area contributed by atoms with Crippen molar-refractivity contribution in [1.29, 1.82) is 0 Å². The summed E-state index contributed by atoms with van der Waals surface area (Å²) < 4.78 is 6.85. The number of carbonyl (C=O) groups excluding carboxylic acids is 1. The van der Waals surface area contributed by atoms with Crippen molar-refractivity contribution in [3.63, 3.8) is 0 Å². The number of aryl methyl sites for hydroxylation is 1. The normalized spacial score (nSPS) is 10.9. The van der Waals surface area contributed by atoms with Gasteiger partial charge in [0, 0.05) is 43.2 Å². The summed E-state index contributed by atoms with van der Waals surface area (Å²) in [7, 11) is 3.54. The van der Waals surface area contributed by atoms with Crippen LogP contribution in [-0.2, 0) is 11.8 Å². The first-order valence-corrected chi connectivity index (χ1v) is 8.71. The molecule has 2 N–H and O–H groups in total. The minimum absolute atomic E-state index is 0.192. The molecule has 0 fully saturated rings. The van der Waals surface area contributed by atoms with Gasteiger partial charge >= 0.3 is 0 Å². The van der Waals surface area contributed by atoms with E-state index in [2.05, 4.69) is 15.6 Å². The molecule has 0 spiro atoms. The van der Waals surface area contributed by atoms with Gasteiger partial charge in [0.15, 0.2) is 0 Å². The predicted molar refractivity (Wildman–Crippen MR) is 105 cm³/mol. The van der Waals surface area contributed by atoms with Gasteiger partial charge in [-0.15, -0.1) is 0 Å². The molecule has 0 aliphatic carbocycles. The summed E-state index contributed by atoms with van der Waals surface area (Å²) in [6.07, 6.45) is 2.54. The molecule has 0 aliphatic rings. The molecule has 26 heavy (non-hydrogen) atoms. The highest BCUT2D eigenvalue weighted by Crippen LogP contribution is 2.23. The lowest BCUT2D eigenvalue weighted by molar-refractivity contribution is 0.101. The highest BCUT2D eigenvalue weighted by Gasteiger charge is 2.14. The zero-order valence-corrected chi connectivity index (χ0v) is 15.5. The Kier molecular flexibility index (Phi) is 5.75. The van der Waals surface area contributed by atoms with Gasteiger partial charge in [0.1, 0.15) is 11.5 Å². The number of methoxy groups -OCH3 is 1. The fourth-order valence-electron chi connectivity index (χ4n) is 2.74. The third kappa shape index (κ3) is 4.15. The molecule has 0 aliphatic heterocycles. The molecule has 0 saturated heterocycles. The molecule has 2 heterocycles. The standard InChI is InChI=1S/C19H21ClN4O2/c1-24-16-6-4-14(20)10-13(16)11-17(24)19(25)23-15-5-7-18(22-12-15)21-8-3-9-26-2/h4-7,10-12H,3,8-9H2,1-2H3,(H,21,22)(H,23,25). The number of halogens is 1. The molecule has 0 atom stereocenters. The summed E-state index contributed by atoms with van der Waals surface area (Å²) >= 11 is 6.03. The Morgan fingerprint density at radius 2 is 2.12 bits per heavy atom. The number of nitrogens with one attached hydrogen (secondary N) is 2. The van der Waals surface area contributed by atoms with E-state index in [4.69, 9.17) is 16.3 Å². The number of pyridine rings is 1. The maximum Gasteiger partial charge on any atom is 0.272 e. The highest BCUT2D eigenvalue weighted by atomic mass is 35.5. The van der Waals surface area contributed by atoms with Gasteiger partial charge in [0.25, 0.3) is 5.91 Å². The van der Waals surface area contributed by atoms with Crippen LogP contribution in [0, 0.1) is 0 Å². The van der Waals surface area contributed by atoms with E-state index in [9.17, 15) is 4.79 Å². The van der Waals surface area contributed by atoms with Crippen LogP contribution in [0.25, 0.3) is 10.9 Å². The molecule has 3 aromatic rings. The topological polar surface area (TPSA) is 68.2 Å². The van der Waals surface area contributed by atoms with Crippen LogP contribution in [0.1, 0.15) is 16.9 Å². The molecular weight excluding hydrogens is 352 g/mol. The van der Waals surface area contributed by atoms with Crippen LogP contribution in [0.3, 0.4) is 0 Å². The largest absolute Gasteiger partial charge is 0.385 e. The van der Waals surface area contributed by atoms with Gasteiger partial charge in [-0.2, -0.15) is 0 Å². The zero-order valence-electron chi connectivity index (χ0n) is 14.8. The van der Waals surface area contributed by atoms with Crippen LogP contribution >= 0.6 is 11.6 Å². The Bertz CT molecular complexity index is 906. The molecule has 136 valence electrons. The molecule has 2 aromatic heterocycles. The number of fused-ring (bicyclic) bond motifs is 1. The Morgan fingerprint density at radius 3 is 2.85 bits per heavy atom. The van der Waals surface area contributed by atoms with Crippen molar-refractivity contribution in [2.75, 3.05) is 30.9 Å². The number of aromatic nitrogens is 2. The third-order valence-electron chi connectivity index (χ3n) is 4.09. The molecule has 3 rings (SSSR count). The molecule has 7 heteroatoms. The van der Waals surface area contributed by atoms with Crippen LogP contribution in [0.2, 0.25) is 5.02 Å². The smallest absolute Gasteiger partial charge is 0.272 e. The summed E-state index contributed by atoms with van der Waals surface area (Å²) in [5, 5.41) is 7.65. The van der Waals surface area contributed by atoms with Crippen molar-refractivity contribution in [2.24, 2.45) is 7.05 Å². The zero-order chi connectivity index (χ0) is 18.5. The van der Waals surface area contributed by atoms with Crippen molar-refractivity contribution < 1.29 is 9.53 Å². The Morgan fingerprint density at radius 1 is 1.27 bits per heavy atom. The summed E-state index contributed by atoms with van der Waals surface area (Å²) in [6, 6.07) is 11.1. The van der Waals surface area contributed by atoms with Crippen LogP contribution in [0.5, 0.6) is 0 Å². The molecule has 1 amide bonds. The van der Waals surface area contributed by atoms with Gasteiger partial charge in [-0.1, -0.05) is 11.6 Å². The monoisotopic (exact) mass is 372 g/mol.